The first-order valence-electron chi connectivity index (χ1n) is 10.1. The topological polar surface area (TPSA) is 127 Å². The molecule has 0 amide bonds. The molecule has 3 heterocycles. The maximum Gasteiger partial charge on any atom is 0.343 e. The first kappa shape index (κ1) is 21.0. The van der Waals surface area contributed by atoms with E-state index in [-0.39, 0.29) is 5.16 Å². The van der Waals surface area contributed by atoms with Gasteiger partial charge in [-0.1, -0.05) is 5.21 Å². The minimum Gasteiger partial charge on any atom is -0.609 e. The van der Waals surface area contributed by atoms with Gasteiger partial charge in [0.05, 0.1) is 11.7 Å². The van der Waals surface area contributed by atoms with Gasteiger partial charge in [0.2, 0.25) is 0 Å². The van der Waals surface area contributed by atoms with Gasteiger partial charge in [0.1, 0.15) is 40.6 Å². The molecule has 0 aliphatic rings. The quantitative estimate of drug-likeness (QED) is 0.309. The molecular formula is C22H20N8O2S. The Balaban J connectivity index is 1.43. The van der Waals surface area contributed by atoms with Crippen LogP contribution in [-0.2, 0) is 18.2 Å². The van der Waals surface area contributed by atoms with E-state index in [0.29, 0.717) is 16.9 Å². The minimum atomic E-state index is -1.31. The van der Waals surface area contributed by atoms with Gasteiger partial charge >= 0.3 is 5.16 Å². The van der Waals surface area contributed by atoms with Crippen molar-refractivity contribution in [3.8, 4) is 11.5 Å². The van der Waals surface area contributed by atoms with Gasteiger partial charge in [0, 0.05) is 30.0 Å². The Morgan fingerprint density at radius 2 is 1.82 bits per heavy atom. The molecule has 0 radical (unpaired) electrons. The number of hydrogen-bond acceptors (Lipinski definition) is 9. The molecule has 0 fully saturated rings. The molecule has 166 valence electrons. The average Bonchev–Trinajstić information content (AvgIpc) is 3.15. The molecule has 0 bridgehead atoms. The second-order valence-electron chi connectivity index (χ2n) is 7.59. The number of aryl methyl sites for hydroxylation is 3. The van der Waals surface area contributed by atoms with E-state index in [1.54, 1.807) is 10.9 Å². The summed E-state index contributed by atoms with van der Waals surface area (Å²) in [5.41, 5.74) is 5.52. The summed E-state index contributed by atoms with van der Waals surface area (Å²) in [4.78, 5) is 17.0. The SMILES string of the molecule is Cc1cc(Nc2ncnc3cnc([S+](C)[O-])nc23)ccc1Oc1cc2nnn(C)c2cc1C. The Morgan fingerprint density at radius 3 is 2.61 bits per heavy atom. The van der Waals surface area contributed by atoms with Crippen LogP contribution in [0.15, 0.2) is 48.0 Å². The van der Waals surface area contributed by atoms with Gasteiger partial charge in [-0.3, -0.25) is 0 Å². The van der Waals surface area contributed by atoms with Crippen molar-refractivity contribution in [2.45, 2.75) is 19.0 Å². The summed E-state index contributed by atoms with van der Waals surface area (Å²) in [7, 11) is 1.86. The number of fused-ring (bicyclic) bond motifs is 2. The minimum absolute atomic E-state index is 0.232. The molecule has 2 aromatic carbocycles. The van der Waals surface area contributed by atoms with Crippen LogP contribution in [0.1, 0.15) is 11.1 Å². The number of aromatic nitrogens is 7. The van der Waals surface area contributed by atoms with Gasteiger partial charge in [-0.05, 0) is 49.2 Å². The van der Waals surface area contributed by atoms with Crippen molar-refractivity contribution in [2.75, 3.05) is 11.6 Å². The van der Waals surface area contributed by atoms with E-state index in [9.17, 15) is 4.55 Å². The van der Waals surface area contributed by atoms with Gasteiger partial charge in [-0.15, -0.1) is 5.10 Å². The second kappa shape index (κ2) is 8.26. The van der Waals surface area contributed by atoms with Gasteiger partial charge in [0.25, 0.3) is 0 Å². The maximum atomic E-state index is 11.8. The highest BCUT2D eigenvalue weighted by atomic mass is 32.2. The lowest BCUT2D eigenvalue weighted by Crippen LogP contribution is -2.06. The van der Waals surface area contributed by atoms with E-state index < -0.39 is 11.2 Å². The molecule has 1 N–H and O–H groups in total. The number of hydrogen-bond donors (Lipinski definition) is 1. The van der Waals surface area contributed by atoms with Crippen LogP contribution in [0.25, 0.3) is 22.1 Å². The fourth-order valence-electron chi connectivity index (χ4n) is 3.44. The highest BCUT2D eigenvalue weighted by Crippen LogP contribution is 2.32. The van der Waals surface area contributed by atoms with E-state index in [0.717, 1.165) is 39.3 Å². The van der Waals surface area contributed by atoms with Crippen LogP contribution in [0.5, 0.6) is 11.5 Å². The molecule has 3 aromatic heterocycles. The highest BCUT2D eigenvalue weighted by molar-refractivity contribution is 7.90. The third-order valence-corrected chi connectivity index (χ3v) is 5.89. The lowest BCUT2D eigenvalue weighted by molar-refractivity contribution is 0.476. The van der Waals surface area contributed by atoms with Crippen LogP contribution in [-0.4, -0.2) is 45.7 Å². The second-order valence-corrected chi connectivity index (χ2v) is 8.86. The maximum absolute atomic E-state index is 11.8. The zero-order chi connectivity index (χ0) is 23.1. The molecule has 0 aliphatic heterocycles. The Hall–Kier alpha value is -3.83. The summed E-state index contributed by atoms with van der Waals surface area (Å²) in [6.07, 6.45) is 4.51. The van der Waals surface area contributed by atoms with Crippen LogP contribution >= 0.6 is 0 Å². The molecule has 33 heavy (non-hydrogen) atoms. The zero-order valence-electron chi connectivity index (χ0n) is 18.4. The van der Waals surface area contributed by atoms with Gasteiger partial charge < -0.3 is 14.6 Å². The Bertz CT molecular complexity index is 1500. The van der Waals surface area contributed by atoms with Crippen molar-refractivity contribution >= 4 is 44.7 Å². The van der Waals surface area contributed by atoms with E-state index in [1.807, 2.05) is 51.2 Å². The molecule has 11 heteroatoms. The highest BCUT2D eigenvalue weighted by Gasteiger charge is 2.14. The lowest BCUT2D eigenvalue weighted by atomic mass is 10.1. The third kappa shape index (κ3) is 4.03. The van der Waals surface area contributed by atoms with Crippen molar-refractivity contribution < 1.29 is 9.29 Å². The van der Waals surface area contributed by atoms with Crippen LogP contribution in [0, 0.1) is 13.8 Å². The van der Waals surface area contributed by atoms with Crippen LogP contribution in [0.3, 0.4) is 0 Å². The predicted molar refractivity (Wildman–Crippen MR) is 125 cm³/mol. The lowest BCUT2D eigenvalue weighted by Gasteiger charge is -2.13. The molecule has 1 atom stereocenters. The van der Waals surface area contributed by atoms with Crippen molar-refractivity contribution in [2.24, 2.45) is 7.05 Å². The zero-order valence-corrected chi connectivity index (χ0v) is 19.2. The summed E-state index contributed by atoms with van der Waals surface area (Å²) in [6, 6.07) is 9.65. The molecule has 0 saturated carbocycles. The van der Waals surface area contributed by atoms with Crippen molar-refractivity contribution in [1.82, 2.24) is 34.9 Å². The van der Waals surface area contributed by atoms with E-state index in [1.165, 1.54) is 12.6 Å². The van der Waals surface area contributed by atoms with E-state index >= 15 is 0 Å². The first-order chi connectivity index (χ1) is 15.9. The fraction of sp³-hybridized carbons (Fsp3) is 0.182. The Kier molecular flexibility index (Phi) is 5.27. The molecule has 10 nitrogen and oxygen atoms in total. The fourth-order valence-corrected chi connectivity index (χ4v) is 3.86. The number of nitrogens with zero attached hydrogens (tertiary/aromatic N) is 7. The molecule has 0 spiro atoms. The third-order valence-electron chi connectivity index (χ3n) is 5.18. The average molecular weight is 461 g/mol. The Labute approximate surface area is 192 Å². The van der Waals surface area contributed by atoms with E-state index in [2.05, 4.69) is 35.6 Å². The summed E-state index contributed by atoms with van der Waals surface area (Å²) < 4.78 is 19.7. The van der Waals surface area contributed by atoms with E-state index in [4.69, 9.17) is 4.74 Å². The van der Waals surface area contributed by atoms with Gasteiger partial charge in [0.15, 0.2) is 5.82 Å². The number of benzene rings is 2. The first-order valence-corrected chi connectivity index (χ1v) is 11.6. The van der Waals surface area contributed by atoms with Crippen LogP contribution in [0.2, 0.25) is 0 Å². The predicted octanol–water partition coefficient (Wildman–Crippen LogP) is 3.59. The normalized spacial score (nSPS) is 12.3. The smallest absolute Gasteiger partial charge is 0.343 e. The largest absolute Gasteiger partial charge is 0.609 e. The number of ether oxygens (including phenoxy) is 1. The van der Waals surface area contributed by atoms with Crippen molar-refractivity contribution in [3.05, 3.63) is 54.0 Å². The molecular weight excluding hydrogens is 440 g/mol. The molecule has 5 aromatic rings. The summed E-state index contributed by atoms with van der Waals surface area (Å²) in [5, 5.41) is 11.7. The Morgan fingerprint density at radius 1 is 1.00 bits per heavy atom. The number of nitrogens with one attached hydrogen (secondary N) is 1. The monoisotopic (exact) mass is 460 g/mol. The molecule has 5 rings (SSSR count). The number of anilines is 2. The molecule has 1 unspecified atom stereocenters. The summed E-state index contributed by atoms with van der Waals surface area (Å²) in [5.74, 6) is 1.96. The van der Waals surface area contributed by atoms with Gasteiger partial charge in [-0.2, -0.15) is 9.97 Å². The molecule has 0 saturated heterocycles. The van der Waals surface area contributed by atoms with Crippen molar-refractivity contribution in [1.29, 1.82) is 0 Å². The standard InChI is InChI=1S/C22H20N8O2S/c1-12-7-14(26-21-20-16(24-11-25-21)10-23-22(27-20)33(4)31)5-6-18(12)32-19-9-15-17(8-13(19)2)30(3)29-28-15/h5-11H,1-4H3,(H,24,25,26). The van der Waals surface area contributed by atoms with Crippen LogP contribution < -0.4 is 10.1 Å². The van der Waals surface area contributed by atoms with Crippen molar-refractivity contribution in [3.63, 3.8) is 0 Å². The summed E-state index contributed by atoms with van der Waals surface area (Å²) >= 11 is -1.31. The number of rotatable bonds is 5. The summed E-state index contributed by atoms with van der Waals surface area (Å²) in [6.45, 7) is 3.96. The van der Waals surface area contributed by atoms with Crippen LogP contribution in [0.4, 0.5) is 11.5 Å². The molecule has 0 aliphatic carbocycles. The van der Waals surface area contributed by atoms with Gasteiger partial charge in [-0.25, -0.2) is 14.6 Å².